The molecule has 3 rings (SSSR count). The number of carbonyl (C=O) groups excluding carboxylic acids is 2. The normalized spacial score (nSPS) is 12.0. The van der Waals surface area contributed by atoms with Crippen LogP contribution in [0.25, 0.3) is 0 Å². The third kappa shape index (κ3) is 9.41. The van der Waals surface area contributed by atoms with E-state index in [0.29, 0.717) is 11.6 Å². The molecular weight excluding hydrogens is 593 g/mol. The molecule has 7 nitrogen and oxygen atoms in total. The average molecular weight is 625 g/mol. The smallest absolute Gasteiger partial charge is 0.244 e. The molecule has 0 radical (unpaired) electrons. The first-order valence-corrected chi connectivity index (χ1v) is 15.8. The highest BCUT2D eigenvalue weighted by Gasteiger charge is 2.33. The Labute approximate surface area is 251 Å². The molecule has 0 saturated heterocycles. The number of benzene rings is 3. The highest BCUT2D eigenvalue weighted by Crippen LogP contribution is 2.27. The minimum atomic E-state index is -3.93. The standard InChI is InChI=1S/C29H32Cl3N3O4S/c1-3-4-14-33-29(37)27(15-21-8-6-5-7-9-21)34(19-22-10-12-23(30)13-11-22)28(36)20-35(40(2,38)39)26-17-24(31)16-25(32)18-26/h5-13,16-18,27H,3-4,14-15,19-20H2,1-2H3,(H,33,37)/t27-/m0/s1. The number of halogens is 3. The number of hydrogen-bond donors (Lipinski definition) is 1. The number of nitrogens with zero attached hydrogens (tertiary/aromatic N) is 2. The molecule has 0 aliphatic rings. The average Bonchev–Trinajstić information content (AvgIpc) is 2.89. The molecule has 1 atom stereocenters. The van der Waals surface area contributed by atoms with Crippen molar-refractivity contribution < 1.29 is 18.0 Å². The Kier molecular flexibility index (Phi) is 11.7. The van der Waals surface area contributed by atoms with E-state index < -0.39 is 28.5 Å². The van der Waals surface area contributed by atoms with E-state index in [1.807, 2.05) is 37.3 Å². The highest BCUT2D eigenvalue weighted by atomic mass is 35.5. The van der Waals surface area contributed by atoms with Gasteiger partial charge in [0.2, 0.25) is 21.8 Å². The van der Waals surface area contributed by atoms with Gasteiger partial charge in [0.05, 0.1) is 11.9 Å². The molecular formula is C29H32Cl3N3O4S. The first-order chi connectivity index (χ1) is 19.0. The third-order valence-corrected chi connectivity index (χ3v) is 8.01. The Morgan fingerprint density at radius 2 is 1.50 bits per heavy atom. The Balaban J connectivity index is 2.04. The van der Waals surface area contributed by atoms with E-state index in [0.717, 1.165) is 34.5 Å². The molecule has 0 unspecified atom stereocenters. The molecule has 214 valence electrons. The zero-order chi connectivity index (χ0) is 29.3. The number of carbonyl (C=O) groups is 2. The summed E-state index contributed by atoms with van der Waals surface area (Å²) in [5.74, 6) is -0.889. The molecule has 0 fully saturated rings. The largest absolute Gasteiger partial charge is 0.354 e. The fourth-order valence-corrected chi connectivity index (χ4v) is 5.62. The Morgan fingerprint density at radius 1 is 0.875 bits per heavy atom. The van der Waals surface area contributed by atoms with E-state index in [9.17, 15) is 18.0 Å². The van der Waals surface area contributed by atoms with Crippen molar-refractivity contribution in [2.45, 2.75) is 38.8 Å². The van der Waals surface area contributed by atoms with Gasteiger partial charge in [-0.25, -0.2) is 8.42 Å². The van der Waals surface area contributed by atoms with Crippen LogP contribution in [-0.2, 0) is 32.6 Å². The molecule has 1 N–H and O–H groups in total. The molecule has 3 aromatic carbocycles. The van der Waals surface area contributed by atoms with Crippen molar-refractivity contribution in [3.63, 3.8) is 0 Å². The second-order valence-electron chi connectivity index (χ2n) is 9.40. The molecule has 40 heavy (non-hydrogen) atoms. The Hall–Kier alpha value is -2.78. The van der Waals surface area contributed by atoms with Gasteiger partial charge < -0.3 is 10.2 Å². The number of sulfonamides is 1. The number of rotatable bonds is 13. The summed E-state index contributed by atoms with van der Waals surface area (Å²) in [5.41, 5.74) is 1.73. The highest BCUT2D eigenvalue weighted by molar-refractivity contribution is 7.92. The SMILES string of the molecule is CCCCNC(=O)[C@H](Cc1ccccc1)N(Cc1ccc(Cl)cc1)C(=O)CN(c1cc(Cl)cc(Cl)c1)S(C)(=O)=O. The van der Waals surface area contributed by atoms with Crippen molar-refractivity contribution in [3.8, 4) is 0 Å². The summed E-state index contributed by atoms with van der Waals surface area (Å²) in [6, 6.07) is 19.7. The first kappa shape index (κ1) is 31.7. The van der Waals surface area contributed by atoms with Crippen molar-refractivity contribution >= 4 is 62.3 Å². The predicted molar refractivity (Wildman–Crippen MR) is 163 cm³/mol. The molecule has 3 aromatic rings. The van der Waals surface area contributed by atoms with Crippen molar-refractivity contribution in [1.82, 2.24) is 10.2 Å². The zero-order valence-corrected chi connectivity index (χ0v) is 25.4. The lowest BCUT2D eigenvalue weighted by atomic mass is 10.0. The van der Waals surface area contributed by atoms with Gasteiger partial charge in [-0.05, 0) is 47.9 Å². The van der Waals surface area contributed by atoms with Crippen LogP contribution in [0.15, 0.2) is 72.8 Å². The van der Waals surface area contributed by atoms with Gasteiger partial charge in [-0.2, -0.15) is 0 Å². The van der Waals surface area contributed by atoms with E-state index in [1.165, 1.54) is 23.1 Å². The maximum Gasteiger partial charge on any atom is 0.244 e. The van der Waals surface area contributed by atoms with E-state index in [1.54, 1.807) is 24.3 Å². The van der Waals surface area contributed by atoms with Crippen LogP contribution in [0, 0.1) is 0 Å². The molecule has 2 amide bonds. The lowest BCUT2D eigenvalue weighted by Gasteiger charge is -2.33. The monoisotopic (exact) mass is 623 g/mol. The van der Waals surface area contributed by atoms with Gasteiger partial charge in [0.1, 0.15) is 12.6 Å². The van der Waals surface area contributed by atoms with Gasteiger partial charge in [0, 0.05) is 34.6 Å². The van der Waals surface area contributed by atoms with Crippen molar-refractivity contribution in [1.29, 1.82) is 0 Å². The van der Waals surface area contributed by atoms with Crippen molar-refractivity contribution in [2.24, 2.45) is 0 Å². The maximum atomic E-state index is 14.0. The minimum Gasteiger partial charge on any atom is -0.354 e. The quantitative estimate of drug-likeness (QED) is 0.238. The molecule has 0 aliphatic carbocycles. The first-order valence-electron chi connectivity index (χ1n) is 12.8. The van der Waals surface area contributed by atoms with Crippen LogP contribution in [-0.4, -0.2) is 50.5 Å². The number of anilines is 1. The van der Waals surface area contributed by atoms with Crippen molar-refractivity contribution in [2.75, 3.05) is 23.7 Å². The predicted octanol–water partition coefficient (Wildman–Crippen LogP) is 5.97. The number of nitrogens with one attached hydrogen (secondary N) is 1. The number of unbranched alkanes of at least 4 members (excludes halogenated alkanes) is 1. The van der Waals surface area contributed by atoms with Crippen LogP contribution in [0.2, 0.25) is 15.1 Å². The number of hydrogen-bond acceptors (Lipinski definition) is 4. The third-order valence-electron chi connectivity index (χ3n) is 6.18. The molecule has 11 heteroatoms. The summed E-state index contributed by atoms with van der Waals surface area (Å²) < 4.78 is 26.6. The van der Waals surface area contributed by atoms with E-state index >= 15 is 0 Å². The summed E-state index contributed by atoms with van der Waals surface area (Å²) in [7, 11) is -3.93. The minimum absolute atomic E-state index is 0.0581. The van der Waals surface area contributed by atoms with Crippen LogP contribution >= 0.6 is 34.8 Å². The second kappa shape index (κ2) is 14.7. The molecule has 0 aliphatic heterocycles. The lowest BCUT2D eigenvalue weighted by molar-refractivity contribution is -0.140. The van der Waals surface area contributed by atoms with Gasteiger partial charge in [0.15, 0.2) is 0 Å². The van der Waals surface area contributed by atoms with Gasteiger partial charge in [0.25, 0.3) is 0 Å². The lowest BCUT2D eigenvalue weighted by Crippen LogP contribution is -2.53. The molecule has 0 spiro atoms. The fraction of sp³-hybridized carbons (Fsp3) is 0.310. The van der Waals surface area contributed by atoms with E-state index in [2.05, 4.69) is 5.32 Å². The Morgan fingerprint density at radius 3 is 2.08 bits per heavy atom. The number of amides is 2. The summed E-state index contributed by atoms with van der Waals surface area (Å²) in [4.78, 5) is 29.0. The maximum absolute atomic E-state index is 14.0. The van der Waals surface area contributed by atoms with Crippen molar-refractivity contribution in [3.05, 3.63) is 99.0 Å². The summed E-state index contributed by atoms with van der Waals surface area (Å²) in [5, 5.41) is 3.91. The van der Waals surface area contributed by atoms with Gasteiger partial charge >= 0.3 is 0 Å². The molecule has 0 bridgehead atoms. The van der Waals surface area contributed by atoms with Crippen LogP contribution in [0.1, 0.15) is 30.9 Å². The summed E-state index contributed by atoms with van der Waals surface area (Å²) >= 11 is 18.4. The molecule has 0 saturated carbocycles. The Bertz CT molecular complexity index is 1380. The van der Waals surface area contributed by atoms with Gasteiger partial charge in [-0.3, -0.25) is 13.9 Å². The van der Waals surface area contributed by atoms with Crippen LogP contribution in [0.4, 0.5) is 5.69 Å². The van der Waals surface area contributed by atoms with Gasteiger partial charge in [-0.1, -0.05) is 90.6 Å². The summed E-state index contributed by atoms with van der Waals surface area (Å²) in [6.07, 6.45) is 2.91. The van der Waals surface area contributed by atoms with Crippen LogP contribution < -0.4 is 9.62 Å². The fourth-order valence-electron chi connectivity index (χ4n) is 4.14. The molecule has 0 heterocycles. The van der Waals surface area contributed by atoms with Gasteiger partial charge in [-0.15, -0.1) is 0 Å². The van der Waals surface area contributed by atoms with E-state index in [4.69, 9.17) is 34.8 Å². The van der Waals surface area contributed by atoms with Crippen LogP contribution in [0.3, 0.4) is 0 Å². The summed E-state index contributed by atoms with van der Waals surface area (Å²) in [6.45, 7) is 1.98. The van der Waals surface area contributed by atoms with Crippen LogP contribution in [0.5, 0.6) is 0 Å². The van der Waals surface area contributed by atoms with E-state index in [-0.39, 0.29) is 34.6 Å². The second-order valence-corrected chi connectivity index (χ2v) is 12.6. The zero-order valence-electron chi connectivity index (χ0n) is 22.3. The topological polar surface area (TPSA) is 86.8 Å². The molecule has 0 aromatic heterocycles.